The third-order valence-electron chi connectivity index (χ3n) is 2.26. The maximum Gasteiger partial charge on any atom is -0.0420 e. The van der Waals surface area contributed by atoms with Crippen LogP contribution in [0, 0.1) is 11.8 Å². The van der Waals surface area contributed by atoms with Crippen molar-refractivity contribution in [1.29, 1.82) is 0 Å². The zero-order valence-electron chi connectivity index (χ0n) is 10.6. The van der Waals surface area contributed by atoms with Gasteiger partial charge in [-0.3, -0.25) is 0 Å². The molecule has 0 aromatic carbocycles. The lowest BCUT2D eigenvalue weighted by Gasteiger charge is -2.14. The highest BCUT2D eigenvalue weighted by Crippen LogP contribution is 2.16. The Labute approximate surface area is 88.1 Å². The molecular formula is C13H34. The van der Waals surface area contributed by atoms with E-state index in [0.29, 0.717) is 0 Å². The number of hydrogen-bond donors (Lipinski definition) is 0. The van der Waals surface area contributed by atoms with Crippen LogP contribution in [0.4, 0.5) is 0 Å². The van der Waals surface area contributed by atoms with Gasteiger partial charge in [0.1, 0.15) is 0 Å². The first-order chi connectivity index (χ1) is 5.72. The van der Waals surface area contributed by atoms with Crippen molar-refractivity contribution in [3.8, 4) is 0 Å². The average Bonchev–Trinajstić information content (AvgIpc) is 2.21. The van der Waals surface area contributed by atoms with E-state index in [9.17, 15) is 0 Å². The topological polar surface area (TPSA) is 0 Å². The smallest absolute Gasteiger partial charge is 0.0420 e. The number of hydrogen-bond acceptors (Lipinski definition) is 0. The largest absolute Gasteiger partial charge is 0.0776 e. The normalized spacial score (nSPS) is 12.0. The van der Waals surface area contributed by atoms with E-state index in [1.54, 1.807) is 0 Å². The fourth-order valence-electron chi connectivity index (χ4n) is 0.805. The van der Waals surface area contributed by atoms with Crippen LogP contribution in [-0.4, -0.2) is 0 Å². The summed E-state index contributed by atoms with van der Waals surface area (Å²) >= 11 is 0. The van der Waals surface area contributed by atoms with Crippen LogP contribution in [0.15, 0.2) is 0 Å². The molecule has 0 radical (unpaired) electrons. The molecule has 0 spiro atoms. The standard InChI is InChI=1S/C8H18.2C2H6.CH4/c1-5-7(3)8(4)6-2;2*1-2;/h7-8H,5-6H2,1-4H3;2*1-2H3;1H4. The second kappa shape index (κ2) is 22.7. The SMILES string of the molecule is C.CC.CC.CCC(C)C(C)CC. The van der Waals surface area contributed by atoms with Crippen molar-refractivity contribution in [1.82, 2.24) is 0 Å². The zero-order chi connectivity index (χ0) is 10.6. The molecule has 2 atom stereocenters. The monoisotopic (exact) mass is 190 g/mol. The summed E-state index contributed by atoms with van der Waals surface area (Å²) in [6, 6.07) is 0. The Balaban J connectivity index is -0.0000000712. The molecule has 0 heteroatoms. The quantitative estimate of drug-likeness (QED) is 0.530. The molecular weight excluding hydrogens is 156 g/mol. The maximum atomic E-state index is 2.33. The molecule has 0 fully saturated rings. The van der Waals surface area contributed by atoms with Crippen LogP contribution >= 0.6 is 0 Å². The first-order valence-corrected chi connectivity index (χ1v) is 5.72. The highest BCUT2D eigenvalue weighted by atomic mass is 14.1. The molecule has 0 bridgehead atoms. The highest BCUT2D eigenvalue weighted by Gasteiger charge is 2.05. The van der Waals surface area contributed by atoms with Crippen LogP contribution in [0.25, 0.3) is 0 Å². The van der Waals surface area contributed by atoms with Crippen molar-refractivity contribution < 1.29 is 0 Å². The summed E-state index contributed by atoms with van der Waals surface area (Å²) in [6.45, 7) is 17.2. The van der Waals surface area contributed by atoms with Crippen molar-refractivity contribution in [2.75, 3.05) is 0 Å². The first kappa shape index (κ1) is 23.1. The molecule has 0 nitrogen and oxygen atoms in total. The fraction of sp³-hybridized carbons (Fsp3) is 1.00. The van der Waals surface area contributed by atoms with E-state index in [-0.39, 0.29) is 7.43 Å². The predicted octanol–water partition coefficient (Wildman–Crippen LogP) is 5.77. The highest BCUT2D eigenvalue weighted by molar-refractivity contribution is 4.56. The zero-order valence-corrected chi connectivity index (χ0v) is 10.6. The van der Waals surface area contributed by atoms with Crippen molar-refractivity contribution >= 4 is 0 Å². The van der Waals surface area contributed by atoms with E-state index in [1.165, 1.54) is 12.8 Å². The van der Waals surface area contributed by atoms with Gasteiger partial charge in [-0.25, -0.2) is 0 Å². The first-order valence-electron chi connectivity index (χ1n) is 5.72. The van der Waals surface area contributed by atoms with E-state index in [4.69, 9.17) is 0 Å². The van der Waals surface area contributed by atoms with Crippen LogP contribution in [0.5, 0.6) is 0 Å². The number of rotatable bonds is 3. The summed E-state index contributed by atoms with van der Waals surface area (Å²) in [5.74, 6) is 1.83. The van der Waals surface area contributed by atoms with Gasteiger partial charge in [0.05, 0.1) is 0 Å². The lowest BCUT2D eigenvalue weighted by Crippen LogP contribution is -2.04. The Bertz CT molecular complexity index is 40.0. The minimum absolute atomic E-state index is 0. The van der Waals surface area contributed by atoms with Gasteiger partial charge in [0, 0.05) is 0 Å². The molecule has 86 valence electrons. The van der Waals surface area contributed by atoms with E-state index in [0.717, 1.165) is 11.8 Å². The van der Waals surface area contributed by atoms with E-state index in [1.807, 2.05) is 27.7 Å². The summed E-state index contributed by atoms with van der Waals surface area (Å²) in [7, 11) is 0. The summed E-state index contributed by atoms with van der Waals surface area (Å²) in [5.41, 5.74) is 0. The molecule has 0 heterocycles. The molecule has 0 aliphatic rings. The molecule has 0 aromatic heterocycles. The molecule has 0 amide bonds. The third-order valence-corrected chi connectivity index (χ3v) is 2.26. The molecule has 0 aromatic rings. The van der Waals surface area contributed by atoms with Gasteiger partial charge >= 0.3 is 0 Å². The summed E-state index contributed by atoms with van der Waals surface area (Å²) in [4.78, 5) is 0. The molecule has 0 saturated carbocycles. The molecule has 0 aliphatic carbocycles. The maximum absolute atomic E-state index is 2.33. The van der Waals surface area contributed by atoms with Gasteiger partial charge in [0.25, 0.3) is 0 Å². The van der Waals surface area contributed by atoms with Crippen molar-refractivity contribution in [2.24, 2.45) is 11.8 Å². The predicted molar refractivity (Wildman–Crippen MR) is 68.3 cm³/mol. The molecule has 0 aliphatic heterocycles. The van der Waals surface area contributed by atoms with Crippen LogP contribution < -0.4 is 0 Å². The van der Waals surface area contributed by atoms with Gasteiger partial charge in [-0.15, -0.1) is 0 Å². The van der Waals surface area contributed by atoms with Crippen molar-refractivity contribution in [3.05, 3.63) is 0 Å². The minimum Gasteiger partial charge on any atom is -0.0776 e. The second-order valence-corrected chi connectivity index (χ2v) is 2.77. The van der Waals surface area contributed by atoms with Gasteiger partial charge in [0.15, 0.2) is 0 Å². The van der Waals surface area contributed by atoms with Crippen LogP contribution in [-0.2, 0) is 0 Å². The molecule has 0 saturated heterocycles. The van der Waals surface area contributed by atoms with Gasteiger partial charge in [0.2, 0.25) is 0 Å². The van der Waals surface area contributed by atoms with Crippen LogP contribution in [0.1, 0.15) is 75.7 Å². The Kier molecular flexibility index (Phi) is 40.3. The van der Waals surface area contributed by atoms with E-state index >= 15 is 0 Å². The van der Waals surface area contributed by atoms with Gasteiger partial charge < -0.3 is 0 Å². The van der Waals surface area contributed by atoms with Gasteiger partial charge in [-0.1, -0.05) is 75.7 Å². The summed E-state index contributed by atoms with van der Waals surface area (Å²) in [6.07, 6.45) is 2.66. The summed E-state index contributed by atoms with van der Waals surface area (Å²) < 4.78 is 0. The van der Waals surface area contributed by atoms with E-state index in [2.05, 4.69) is 27.7 Å². The van der Waals surface area contributed by atoms with Crippen molar-refractivity contribution in [2.45, 2.75) is 75.7 Å². The molecule has 0 rings (SSSR count). The van der Waals surface area contributed by atoms with Crippen molar-refractivity contribution in [3.63, 3.8) is 0 Å². The Morgan fingerprint density at radius 2 is 0.846 bits per heavy atom. The van der Waals surface area contributed by atoms with Gasteiger partial charge in [-0.05, 0) is 11.8 Å². The lowest BCUT2D eigenvalue weighted by atomic mass is 9.92. The minimum atomic E-state index is 0. The Morgan fingerprint density at radius 3 is 0.923 bits per heavy atom. The van der Waals surface area contributed by atoms with Crippen LogP contribution in [0.2, 0.25) is 0 Å². The average molecular weight is 190 g/mol. The van der Waals surface area contributed by atoms with Gasteiger partial charge in [-0.2, -0.15) is 0 Å². The van der Waals surface area contributed by atoms with Crippen LogP contribution in [0.3, 0.4) is 0 Å². The molecule has 0 N–H and O–H groups in total. The summed E-state index contributed by atoms with van der Waals surface area (Å²) in [5, 5.41) is 0. The fourth-order valence-corrected chi connectivity index (χ4v) is 0.805. The molecule has 13 heavy (non-hydrogen) atoms. The molecule has 2 unspecified atom stereocenters. The second-order valence-electron chi connectivity index (χ2n) is 2.77. The Hall–Kier alpha value is 0. The van der Waals surface area contributed by atoms with E-state index < -0.39 is 0 Å². The lowest BCUT2D eigenvalue weighted by molar-refractivity contribution is 0.367. The Morgan fingerprint density at radius 1 is 0.692 bits per heavy atom. The third kappa shape index (κ3) is 18.8.